The predicted molar refractivity (Wildman–Crippen MR) is 78.6 cm³/mol. The molecule has 1 fully saturated rings. The fraction of sp³-hybridized carbons (Fsp3) is 0.500. The maximum atomic E-state index is 12.1. The molecule has 108 valence electrons. The van der Waals surface area contributed by atoms with Crippen molar-refractivity contribution in [3.8, 4) is 0 Å². The number of primary amides is 1. The molecule has 3 unspecified atom stereocenters. The number of carbonyl (C=O) groups is 2. The van der Waals surface area contributed by atoms with Crippen molar-refractivity contribution in [2.75, 3.05) is 6.54 Å². The number of rotatable bonds is 3. The summed E-state index contributed by atoms with van der Waals surface area (Å²) < 4.78 is 0. The van der Waals surface area contributed by atoms with Crippen molar-refractivity contribution in [2.45, 2.75) is 32.7 Å². The SMILES string of the molecule is C=C1C(C)CCC(=O)C1CN1C=CC=C(C(N)=O)C1C. The van der Waals surface area contributed by atoms with Crippen LogP contribution in [-0.4, -0.2) is 29.2 Å². The average Bonchev–Trinajstić information content (AvgIpc) is 2.40. The zero-order valence-corrected chi connectivity index (χ0v) is 12.1. The maximum absolute atomic E-state index is 12.1. The molecule has 0 bridgehead atoms. The minimum atomic E-state index is -0.408. The van der Waals surface area contributed by atoms with Gasteiger partial charge in [0.15, 0.2) is 0 Å². The second-order valence-corrected chi connectivity index (χ2v) is 5.73. The summed E-state index contributed by atoms with van der Waals surface area (Å²) in [5, 5.41) is 0. The van der Waals surface area contributed by atoms with Gasteiger partial charge in [0.05, 0.1) is 12.0 Å². The molecule has 1 saturated carbocycles. The molecule has 0 saturated heterocycles. The summed E-state index contributed by atoms with van der Waals surface area (Å²) in [4.78, 5) is 25.5. The van der Waals surface area contributed by atoms with Gasteiger partial charge in [0, 0.05) is 18.5 Å². The molecule has 0 aromatic rings. The van der Waals surface area contributed by atoms with Gasteiger partial charge in [0.25, 0.3) is 0 Å². The van der Waals surface area contributed by atoms with E-state index in [0.717, 1.165) is 12.0 Å². The van der Waals surface area contributed by atoms with E-state index in [1.54, 1.807) is 12.2 Å². The van der Waals surface area contributed by atoms with Crippen molar-refractivity contribution in [1.29, 1.82) is 0 Å². The Labute approximate surface area is 120 Å². The van der Waals surface area contributed by atoms with Gasteiger partial charge in [-0.3, -0.25) is 9.59 Å². The van der Waals surface area contributed by atoms with E-state index in [-0.39, 0.29) is 17.7 Å². The molecule has 0 spiro atoms. The summed E-state index contributed by atoms with van der Waals surface area (Å²) in [6.45, 7) is 8.71. The molecule has 0 aromatic heterocycles. The molecule has 2 aliphatic rings. The molecule has 2 rings (SSSR count). The molecular weight excluding hydrogens is 252 g/mol. The summed E-state index contributed by atoms with van der Waals surface area (Å²) in [5.41, 5.74) is 6.97. The molecular formula is C16H22N2O2. The smallest absolute Gasteiger partial charge is 0.246 e. The second kappa shape index (κ2) is 5.65. The summed E-state index contributed by atoms with van der Waals surface area (Å²) in [6.07, 6.45) is 6.97. The monoisotopic (exact) mass is 274 g/mol. The molecule has 2 N–H and O–H groups in total. The van der Waals surface area contributed by atoms with Gasteiger partial charge in [-0.15, -0.1) is 0 Å². The lowest BCUT2D eigenvalue weighted by molar-refractivity contribution is -0.123. The molecule has 3 atom stereocenters. The van der Waals surface area contributed by atoms with Crippen LogP contribution in [0.15, 0.2) is 36.1 Å². The van der Waals surface area contributed by atoms with Crippen LogP contribution in [0.4, 0.5) is 0 Å². The Hall–Kier alpha value is -1.84. The van der Waals surface area contributed by atoms with E-state index in [1.807, 2.05) is 18.0 Å². The van der Waals surface area contributed by atoms with E-state index >= 15 is 0 Å². The van der Waals surface area contributed by atoms with Crippen molar-refractivity contribution >= 4 is 11.7 Å². The van der Waals surface area contributed by atoms with Crippen LogP contribution in [0.3, 0.4) is 0 Å². The molecule has 20 heavy (non-hydrogen) atoms. The van der Waals surface area contributed by atoms with Crippen molar-refractivity contribution in [2.24, 2.45) is 17.6 Å². The fourth-order valence-electron chi connectivity index (χ4n) is 2.91. The number of ketones is 1. The van der Waals surface area contributed by atoms with Gasteiger partial charge >= 0.3 is 0 Å². The Balaban J connectivity index is 2.12. The summed E-state index contributed by atoms with van der Waals surface area (Å²) in [6, 6.07) is -0.102. The standard InChI is InChI=1S/C16H22N2O2/c1-10-6-7-15(19)14(11(10)2)9-18-8-4-5-13(12(18)3)16(17)20/h4-5,8,10,12,14H,2,6-7,9H2,1,3H3,(H2,17,20). The quantitative estimate of drug-likeness (QED) is 0.798. The van der Waals surface area contributed by atoms with Gasteiger partial charge in [-0.25, -0.2) is 0 Å². The van der Waals surface area contributed by atoms with Crippen LogP contribution < -0.4 is 5.73 Å². The van der Waals surface area contributed by atoms with E-state index < -0.39 is 5.91 Å². The van der Waals surface area contributed by atoms with E-state index in [2.05, 4.69) is 13.5 Å². The topological polar surface area (TPSA) is 63.4 Å². The highest BCUT2D eigenvalue weighted by Crippen LogP contribution is 2.32. The number of Topliss-reactive ketones (excluding diaryl/α,β-unsaturated/α-hetero) is 1. The third kappa shape index (κ3) is 2.69. The zero-order valence-electron chi connectivity index (χ0n) is 12.1. The van der Waals surface area contributed by atoms with Gasteiger partial charge < -0.3 is 10.6 Å². The van der Waals surface area contributed by atoms with E-state index in [1.165, 1.54) is 0 Å². The largest absolute Gasteiger partial charge is 0.369 e. The van der Waals surface area contributed by atoms with Crippen LogP contribution in [-0.2, 0) is 9.59 Å². The zero-order chi connectivity index (χ0) is 14.9. The fourth-order valence-corrected chi connectivity index (χ4v) is 2.91. The van der Waals surface area contributed by atoms with Crippen LogP contribution in [0.5, 0.6) is 0 Å². The minimum absolute atomic E-state index is 0.102. The van der Waals surface area contributed by atoms with Gasteiger partial charge in [-0.05, 0) is 31.5 Å². The predicted octanol–water partition coefficient (Wildman–Crippen LogP) is 1.79. The van der Waals surface area contributed by atoms with Crippen molar-refractivity contribution in [3.05, 3.63) is 36.1 Å². The van der Waals surface area contributed by atoms with Gasteiger partial charge in [0.1, 0.15) is 5.78 Å². The summed E-state index contributed by atoms with van der Waals surface area (Å²) >= 11 is 0. The highest BCUT2D eigenvalue weighted by molar-refractivity contribution is 5.93. The Kier molecular flexibility index (Phi) is 4.12. The van der Waals surface area contributed by atoms with E-state index in [9.17, 15) is 9.59 Å². The molecule has 1 heterocycles. The first-order chi connectivity index (χ1) is 9.41. The first-order valence-electron chi connectivity index (χ1n) is 7.07. The van der Waals surface area contributed by atoms with Crippen LogP contribution in [0.2, 0.25) is 0 Å². The maximum Gasteiger partial charge on any atom is 0.246 e. The van der Waals surface area contributed by atoms with Crippen LogP contribution >= 0.6 is 0 Å². The Morgan fingerprint density at radius 1 is 1.50 bits per heavy atom. The number of nitrogens with zero attached hydrogens (tertiary/aromatic N) is 1. The molecule has 1 amide bonds. The van der Waals surface area contributed by atoms with Crippen molar-refractivity contribution < 1.29 is 9.59 Å². The third-order valence-electron chi connectivity index (χ3n) is 4.47. The molecule has 0 aromatic carbocycles. The van der Waals surface area contributed by atoms with Crippen LogP contribution in [0.25, 0.3) is 0 Å². The van der Waals surface area contributed by atoms with Gasteiger partial charge in [-0.1, -0.05) is 25.2 Å². The highest BCUT2D eigenvalue weighted by atomic mass is 16.1. The van der Waals surface area contributed by atoms with Crippen LogP contribution in [0, 0.1) is 11.8 Å². The van der Waals surface area contributed by atoms with E-state index in [4.69, 9.17) is 5.73 Å². The number of carbonyl (C=O) groups excluding carboxylic acids is 2. The Bertz CT molecular complexity index is 505. The van der Waals surface area contributed by atoms with Crippen molar-refractivity contribution in [3.63, 3.8) is 0 Å². The van der Waals surface area contributed by atoms with Gasteiger partial charge in [0.2, 0.25) is 5.91 Å². The molecule has 4 heteroatoms. The average molecular weight is 274 g/mol. The molecule has 1 aliphatic carbocycles. The van der Waals surface area contributed by atoms with Crippen molar-refractivity contribution in [1.82, 2.24) is 4.90 Å². The normalized spacial score (nSPS) is 30.4. The summed E-state index contributed by atoms with van der Waals surface area (Å²) in [7, 11) is 0. The summed E-state index contributed by atoms with van der Waals surface area (Å²) in [5.74, 6) is 0.0869. The molecule has 1 aliphatic heterocycles. The lowest BCUT2D eigenvalue weighted by Crippen LogP contribution is -2.42. The highest BCUT2D eigenvalue weighted by Gasteiger charge is 2.33. The number of amides is 1. The molecule has 0 radical (unpaired) electrons. The Morgan fingerprint density at radius 2 is 2.20 bits per heavy atom. The number of allylic oxidation sites excluding steroid dienone is 2. The van der Waals surface area contributed by atoms with Gasteiger partial charge in [-0.2, -0.15) is 0 Å². The van der Waals surface area contributed by atoms with E-state index in [0.29, 0.717) is 24.5 Å². The number of hydrogen-bond donors (Lipinski definition) is 1. The third-order valence-corrected chi connectivity index (χ3v) is 4.47. The second-order valence-electron chi connectivity index (χ2n) is 5.73. The van der Waals surface area contributed by atoms with Crippen LogP contribution in [0.1, 0.15) is 26.7 Å². The first kappa shape index (κ1) is 14.6. The Morgan fingerprint density at radius 3 is 2.85 bits per heavy atom. The number of nitrogens with two attached hydrogens (primary N) is 1. The minimum Gasteiger partial charge on any atom is -0.369 e. The lowest BCUT2D eigenvalue weighted by Gasteiger charge is -2.37. The lowest BCUT2D eigenvalue weighted by atomic mass is 9.77. The molecule has 4 nitrogen and oxygen atoms in total. The first-order valence-corrected chi connectivity index (χ1v) is 7.07. The number of hydrogen-bond acceptors (Lipinski definition) is 3.